The van der Waals surface area contributed by atoms with Crippen molar-refractivity contribution in [3.63, 3.8) is 0 Å². The minimum Gasteiger partial charge on any atom is -0.336 e. The summed E-state index contributed by atoms with van der Waals surface area (Å²) in [4.78, 5) is 19.2. The molecule has 5 heterocycles. The minimum absolute atomic E-state index is 0.0289. The first-order chi connectivity index (χ1) is 11.7. The lowest BCUT2D eigenvalue weighted by Gasteiger charge is -2.16. The number of imidazole rings is 1. The molecule has 0 saturated carbocycles. The first kappa shape index (κ1) is 14.0. The van der Waals surface area contributed by atoms with Crippen LogP contribution < -0.4 is 0 Å². The van der Waals surface area contributed by atoms with Crippen LogP contribution in [0.1, 0.15) is 22.2 Å². The number of hydrogen-bond donors (Lipinski definition) is 0. The molecule has 5 rings (SSSR count). The molecule has 0 N–H and O–H groups in total. The van der Waals surface area contributed by atoms with Crippen molar-refractivity contribution >= 4 is 17.2 Å². The third-order valence-electron chi connectivity index (χ3n) is 5.11. The molecule has 2 aliphatic rings. The van der Waals surface area contributed by atoms with Crippen molar-refractivity contribution < 1.29 is 4.79 Å². The van der Waals surface area contributed by atoms with Crippen molar-refractivity contribution in [3.8, 4) is 11.3 Å². The SMILES string of the molecule is Cn1ccc(C(=O)N2C[C@H]3Cn4c(-c5ccsc5)cnc4[C@H]3C2)n1. The molecule has 2 aliphatic heterocycles. The smallest absolute Gasteiger partial charge is 0.274 e. The van der Waals surface area contributed by atoms with Gasteiger partial charge in [-0.25, -0.2) is 4.98 Å². The van der Waals surface area contributed by atoms with Crippen LogP contribution in [0.25, 0.3) is 11.3 Å². The fraction of sp³-hybridized carbons (Fsp3) is 0.353. The Morgan fingerprint density at radius 3 is 2.96 bits per heavy atom. The van der Waals surface area contributed by atoms with Gasteiger partial charge in [0.05, 0.1) is 11.9 Å². The Kier molecular flexibility index (Phi) is 2.94. The van der Waals surface area contributed by atoms with Crippen LogP contribution in [-0.2, 0) is 13.6 Å². The molecule has 3 aromatic heterocycles. The molecule has 1 saturated heterocycles. The first-order valence-corrected chi connectivity index (χ1v) is 9.02. The van der Waals surface area contributed by atoms with Crippen LogP contribution in [0.4, 0.5) is 0 Å². The largest absolute Gasteiger partial charge is 0.336 e. The van der Waals surface area contributed by atoms with Crippen LogP contribution in [0.5, 0.6) is 0 Å². The quantitative estimate of drug-likeness (QED) is 0.719. The molecule has 1 fully saturated rings. The first-order valence-electron chi connectivity index (χ1n) is 8.07. The average Bonchev–Trinajstić information content (AvgIpc) is 3.33. The Labute approximate surface area is 143 Å². The standard InChI is InChI=1S/C17H17N5OS/c1-20-4-2-14(19-20)17(23)21-7-12-8-22-15(11-3-5-24-10-11)6-18-16(22)13(12)9-21/h2-6,10,12-13H,7-9H2,1H3/t12-,13-/m0/s1. The highest BCUT2D eigenvalue weighted by molar-refractivity contribution is 7.08. The predicted molar refractivity (Wildman–Crippen MR) is 90.9 cm³/mol. The molecule has 24 heavy (non-hydrogen) atoms. The zero-order chi connectivity index (χ0) is 16.3. The van der Waals surface area contributed by atoms with Crippen LogP contribution in [0, 0.1) is 5.92 Å². The molecule has 0 spiro atoms. The highest BCUT2D eigenvalue weighted by Gasteiger charge is 2.44. The molecular formula is C17H17N5OS. The Morgan fingerprint density at radius 1 is 1.29 bits per heavy atom. The van der Waals surface area contributed by atoms with Gasteiger partial charge in [-0.2, -0.15) is 16.4 Å². The Morgan fingerprint density at radius 2 is 2.21 bits per heavy atom. The molecule has 0 radical (unpaired) electrons. The molecule has 7 heteroatoms. The van der Waals surface area contributed by atoms with E-state index in [1.807, 2.05) is 24.3 Å². The fourth-order valence-electron chi connectivity index (χ4n) is 3.96. The van der Waals surface area contributed by atoms with Gasteiger partial charge < -0.3 is 9.47 Å². The van der Waals surface area contributed by atoms with Gasteiger partial charge in [0.2, 0.25) is 0 Å². The summed E-state index contributed by atoms with van der Waals surface area (Å²) < 4.78 is 4.00. The van der Waals surface area contributed by atoms with E-state index < -0.39 is 0 Å². The molecule has 0 aliphatic carbocycles. The van der Waals surface area contributed by atoms with Crippen molar-refractivity contribution in [2.45, 2.75) is 12.5 Å². The number of aromatic nitrogens is 4. The molecular weight excluding hydrogens is 322 g/mol. The van der Waals surface area contributed by atoms with E-state index in [1.165, 1.54) is 11.3 Å². The maximum absolute atomic E-state index is 12.6. The molecule has 0 bridgehead atoms. The summed E-state index contributed by atoms with van der Waals surface area (Å²) in [5.41, 5.74) is 2.96. The molecule has 122 valence electrons. The maximum atomic E-state index is 12.6. The monoisotopic (exact) mass is 339 g/mol. The van der Waals surface area contributed by atoms with Gasteiger partial charge in [-0.3, -0.25) is 9.48 Å². The number of carbonyl (C=O) groups excluding carboxylic acids is 1. The van der Waals surface area contributed by atoms with Gasteiger partial charge in [-0.1, -0.05) is 0 Å². The topological polar surface area (TPSA) is 56.0 Å². The Hall–Kier alpha value is -2.41. The zero-order valence-corrected chi connectivity index (χ0v) is 14.1. The summed E-state index contributed by atoms with van der Waals surface area (Å²) in [5.74, 6) is 1.95. The van der Waals surface area contributed by atoms with E-state index in [4.69, 9.17) is 0 Å². The van der Waals surface area contributed by atoms with E-state index in [2.05, 4.69) is 31.5 Å². The van der Waals surface area contributed by atoms with Crippen LogP contribution in [0.15, 0.2) is 35.3 Å². The summed E-state index contributed by atoms with van der Waals surface area (Å²) in [6.45, 7) is 2.46. The van der Waals surface area contributed by atoms with E-state index in [9.17, 15) is 4.79 Å². The van der Waals surface area contributed by atoms with Crippen LogP contribution in [0.3, 0.4) is 0 Å². The second-order valence-electron chi connectivity index (χ2n) is 6.58. The lowest BCUT2D eigenvalue weighted by Crippen LogP contribution is -2.30. The van der Waals surface area contributed by atoms with E-state index in [0.29, 0.717) is 17.5 Å². The number of thiophene rings is 1. The number of aryl methyl sites for hydroxylation is 1. The van der Waals surface area contributed by atoms with E-state index in [1.54, 1.807) is 22.1 Å². The molecule has 0 aromatic carbocycles. The number of fused-ring (bicyclic) bond motifs is 3. The van der Waals surface area contributed by atoms with Crippen molar-refractivity contribution in [3.05, 3.63) is 46.8 Å². The molecule has 2 atom stereocenters. The average molecular weight is 339 g/mol. The Bertz CT molecular complexity index is 909. The summed E-state index contributed by atoms with van der Waals surface area (Å²) >= 11 is 1.71. The number of nitrogens with zero attached hydrogens (tertiary/aromatic N) is 5. The fourth-order valence-corrected chi connectivity index (χ4v) is 4.61. The van der Waals surface area contributed by atoms with Crippen LogP contribution in [-0.4, -0.2) is 43.2 Å². The molecule has 3 aromatic rings. The van der Waals surface area contributed by atoms with Crippen molar-refractivity contribution in [2.24, 2.45) is 13.0 Å². The van der Waals surface area contributed by atoms with E-state index >= 15 is 0 Å². The van der Waals surface area contributed by atoms with E-state index in [0.717, 1.165) is 25.5 Å². The summed E-state index contributed by atoms with van der Waals surface area (Å²) in [7, 11) is 1.83. The number of hydrogen-bond acceptors (Lipinski definition) is 4. The second-order valence-corrected chi connectivity index (χ2v) is 7.36. The maximum Gasteiger partial charge on any atom is 0.274 e. The van der Waals surface area contributed by atoms with Crippen molar-refractivity contribution in [2.75, 3.05) is 13.1 Å². The normalized spacial score (nSPS) is 22.0. The molecule has 1 amide bonds. The van der Waals surface area contributed by atoms with Gasteiger partial charge >= 0.3 is 0 Å². The van der Waals surface area contributed by atoms with Crippen LogP contribution >= 0.6 is 11.3 Å². The predicted octanol–water partition coefficient (Wildman–Crippen LogP) is 2.21. The van der Waals surface area contributed by atoms with E-state index in [-0.39, 0.29) is 5.91 Å². The van der Waals surface area contributed by atoms with Gasteiger partial charge in [0.25, 0.3) is 5.91 Å². The van der Waals surface area contributed by atoms with Gasteiger partial charge in [-0.05, 0) is 17.5 Å². The Balaban J connectivity index is 1.40. The number of likely N-dealkylation sites (tertiary alicyclic amines) is 1. The summed E-state index contributed by atoms with van der Waals surface area (Å²) in [6, 6.07) is 3.92. The van der Waals surface area contributed by atoms with Crippen molar-refractivity contribution in [1.29, 1.82) is 0 Å². The van der Waals surface area contributed by atoms with Gasteiger partial charge in [0.15, 0.2) is 0 Å². The van der Waals surface area contributed by atoms with Crippen LogP contribution in [0.2, 0.25) is 0 Å². The summed E-state index contributed by atoms with van der Waals surface area (Å²) in [5, 5.41) is 8.49. The van der Waals surface area contributed by atoms with Gasteiger partial charge in [0.1, 0.15) is 11.5 Å². The number of amides is 1. The number of rotatable bonds is 2. The lowest BCUT2D eigenvalue weighted by atomic mass is 9.99. The van der Waals surface area contributed by atoms with Crippen molar-refractivity contribution in [1.82, 2.24) is 24.2 Å². The molecule has 6 nitrogen and oxygen atoms in total. The highest BCUT2D eigenvalue weighted by Crippen LogP contribution is 2.41. The highest BCUT2D eigenvalue weighted by atomic mass is 32.1. The lowest BCUT2D eigenvalue weighted by molar-refractivity contribution is 0.0776. The van der Waals surface area contributed by atoms with Gasteiger partial charge in [-0.15, -0.1) is 0 Å². The third-order valence-corrected chi connectivity index (χ3v) is 5.80. The number of carbonyl (C=O) groups is 1. The summed E-state index contributed by atoms with van der Waals surface area (Å²) in [6.07, 6.45) is 3.78. The minimum atomic E-state index is 0.0289. The third kappa shape index (κ3) is 1.97. The zero-order valence-electron chi connectivity index (χ0n) is 13.3. The van der Waals surface area contributed by atoms with Gasteiger partial charge in [0, 0.05) is 55.7 Å². The second kappa shape index (κ2) is 5.04. The molecule has 0 unspecified atom stereocenters.